The Morgan fingerprint density at radius 2 is 1.90 bits per heavy atom. The lowest BCUT2D eigenvalue weighted by Gasteiger charge is -2.16. The van der Waals surface area contributed by atoms with E-state index in [0.717, 1.165) is 12.5 Å². The highest BCUT2D eigenvalue weighted by molar-refractivity contribution is 5.26. The number of aromatic nitrogens is 3. The van der Waals surface area contributed by atoms with Crippen molar-refractivity contribution in [3.63, 3.8) is 0 Å². The fourth-order valence-corrected chi connectivity index (χ4v) is 1.78. The van der Waals surface area contributed by atoms with Gasteiger partial charge in [-0.25, -0.2) is 4.68 Å². The van der Waals surface area contributed by atoms with E-state index in [2.05, 4.69) is 10.3 Å². The Morgan fingerprint density at radius 1 is 1.25 bits per heavy atom. The zero-order valence-electron chi connectivity index (χ0n) is 10.8. The van der Waals surface area contributed by atoms with Gasteiger partial charge in [-0.3, -0.25) is 0 Å². The monoisotopic (exact) mass is 285 g/mol. The minimum absolute atomic E-state index is 0.192. The van der Waals surface area contributed by atoms with Gasteiger partial charge in [0.25, 0.3) is 0 Å². The zero-order valence-corrected chi connectivity index (χ0v) is 10.8. The summed E-state index contributed by atoms with van der Waals surface area (Å²) in [6.45, 7) is 1.34. The van der Waals surface area contributed by atoms with Gasteiger partial charge in [-0.1, -0.05) is 29.5 Å². The lowest BCUT2D eigenvalue weighted by molar-refractivity contribution is -0.146. The van der Waals surface area contributed by atoms with Crippen molar-refractivity contribution in [2.75, 3.05) is 0 Å². The van der Waals surface area contributed by atoms with E-state index >= 15 is 0 Å². The lowest BCUT2D eigenvalue weighted by Crippen LogP contribution is -2.17. The summed E-state index contributed by atoms with van der Waals surface area (Å²) in [5.41, 5.74) is 1.50. The lowest BCUT2D eigenvalue weighted by atomic mass is 9.99. The molecule has 0 aliphatic heterocycles. The molecule has 1 heterocycles. The van der Waals surface area contributed by atoms with Gasteiger partial charge in [0.15, 0.2) is 0 Å². The first-order valence-corrected chi connectivity index (χ1v) is 6.05. The summed E-state index contributed by atoms with van der Waals surface area (Å²) in [4.78, 5) is 0. The topological polar surface area (TPSA) is 50.9 Å². The molecule has 7 heteroatoms. The molecule has 1 atom stereocenters. The van der Waals surface area contributed by atoms with Crippen LogP contribution in [-0.4, -0.2) is 26.3 Å². The molecule has 0 bridgehead atoms. The van der Waals surface area contributed by atoms with Crippen LogP contribution in [0, 0.1) is 0 Å². The number of benzene rings is 1. The molecule has 0 saturated carbocycles. The van der Waals surface area contributed by atoms with Gasteiger partial charge in [0.1, 0.15) is 5.69 Å². The average Bonchev–Trinajstić information content (AvgIpc) is 2.85. The first-order valence-electron chi connectivity index (χ1n) is 6.05. The molecule has 0 radical (unpaired) electrons. The third-order valence-electron chi connectivity index (χ3n) is 3.06. The van der Waals surface area contributed by atoms with Crippen LogP contribution in [0.15, 0.2) is 30.5 Å². The van der Waals surface area contributed by atoms with Crippen molar-refractivity contribution < 1.29 is 18.3 Å². The third kappa shape index (κ3) is 3.36. The molecule has 1 aromatic carbocycles. The minimum Gasteiger partial charge on any atom is -0.390 e. The van der Waals surface area contributed by atoms with E-state index in [4.69, 9.17) is 5.11 Å². The first kappa shape index (κ1) is 14.5. The molecule has 0 fully saturated rings. The molecule has 108 valence electrons. The maximum Gasteiger partial charge on any atom is 0.395 e. The van der Waals surface area contributed by atoms with Crippen molar-refractivity contribution in [1.29, 1.82) is 0 Å². The molecular formula is C13H14F3N3O. The summed E-state index contributed by atoms with van der Waals surface area (Å²) in [6.07, 6.45) is -2.64. The molecule has 1 unspecified atom stereocenters. The highest BCUT2D eigenvalue weighted by Crippen LogP contribution is 2.34. The van der Waals surface area contributed by atoms with Crippen molar-refractivity contribution in [1.82, 2.24) is 15.0 Å². The Bertz CT molecular complexity index is 563. The number of aliphatic hydroxyl groups excluding tert-OH is 1. The van der Waals surface area contributed by atoms with E-state index in [9.17, 15) is 13.2 Å². The zero-order chi connectivity index (χ0) is 14.8. The molecular weight excluding hydrogens is 271 g/mol. The van der Waals surface area contributed by atoms with Crippen LogP contribution < -0.4 is 0 Å². The molecule has 0 spiro atoms. The van der Waals surface area contributed by atoms with Gasteiger partial charge < -0.3 is 5.11 Å². The third-order valence-corrected chi connectivity index (χ3v) is 3.06. The van der Waals surface area contributed by atoms with Gasteiger partial charge in [-0.15, -0.1) is 5.10 Å². The number of halogens is 3. The van der Waals surface area contributed by atoms with Gasteiger partial charge in [-0.2, -0.15) is 13.2 Å². The van der Waals surface area contributed by atoms with Crippen molar-refractivity contribution in [2.24, 2.45) is 0 Å². The van der Waals surface area contributed by atoms with E-state index in [1.165, 1.54) is 16.8 Å². The van der Waals surface area contributed by atoms with Gasteiger partial charge in [-0.05, 0) is 18.1 Å². The van der Waals surface area contributed by atoms with Crippen LogP contribution in [0.25, 0.3) is 0 Å². The van der Waals surface area contributed by atoms with Gasteiger partial charge >= 0.3 is 6.18 Å². The number of nitrogens with zero attached hydrogens (tertiary/aromatic N) is 3. The normalized spacial score (nSPS) is 13.4. The second-order valence-corrected chi connectivity index (χ2v) is 4.57. The molecule has 2 aromatic rings. The van der Waals surface area contributed by atoms with E-state index < -0.39 is 12.1 Å². The molecule has 0 aliphatic carbocycles. The largest absolute Gasteiger partial charge is 0.395 e. The van der Waals surface area contributed by atoms with E-state index in [-0.39, 0.29) is 12.2 Å². The Labute approximate surface area is 113 Å². The van der Waals surface area contributed by atoms with Crippen molar-refractivity contribution in [2.45, 2.75) is 32.2 Å². The second-order valence-electron chi connectivity index (χ2n) is 4.57. The Hall–Kier alpha value is -1.89. The molecule has 1 N–H and O–H groups in total. The van der Waals surface area contributed by atoms with Crippen LogP contribution in [0.1, 0.15) is 29.7 Å². The van der Waals surface area contributed by atoms with Gasteiger partial charge in [0.2, 0.25) is 0 Å². The number of hydrogen-bond donors (Lipinski definition) is 1. The van der Waals surface area contributed by atoms with Gasteiger partial charge in [0.05, 0.1) is 25.3 Å². The fourth-order valence-electron chi connectivity index (χ4n) is 1.78. The van der Waals surface area contributed by atoms with Crippen LogP contribution in [0.2, 0.25) is 0 Å². The molecule has 1 aromatic heterocycles. The average molecular weight is 285 g/mol. The number of aliphatic hydroxyl groups is 1. The van der Waals surface area contributed by atoms with Crippen LogP contribution in [0.3, 0.4) is 0 Å². The summed E-state index contributed by atoms with van der Waals surface area (Å²) < 4.78 is 39.3. The van der Waals surface area contributed by atoms with Crippen LogP contribution in [0.4, 0.5) is 13.2 Å². The quantitative estimate of drug-likeness (QED) is 0.939. The Morgan fingerprint density at radius 3 is 2.40 bits per heavy atom. The van der Waals surface area contributed by atoms with Crippen LogP contribution >= 0.6 is 0 Å². The predicted octanol–water partition coefficient (Wildman–Crippen LogP) is 2.48. The number of alkyl halides is 3. The SMILES string of the molecule is CC(c1ccc(Cn2cc(CO)nn2)cc1)C(F)(F)F. The smallest absolute Gasteiger partial charge is 0.390 e. The first-order chi connectivity index (χ1) is 9.40. The number of hydrogen-bond acceptors (Lipinski definition) is 3. The van der Waals surface area contributed by atoms with Crippen molar-refractivity contribution in [3.05, 3.63) is 47.3 Å². The Balaban J connectivity index is 2.08. The van der Waals surface area contributed by atoms with Crippen LogP contribution in [0.5, 0.6) is 0 Å². The fraction of sp³-hybridized carbons (Fsp3) is 0.385. The highest BCUT2D eigenvalue weighted by Gasteiger charge is 2.36. The summed E-state index contributed by atoms with van der Waals surface area (Å²) >= 11 is 0. The predicted molar refractivity (Wildman–Crippen MR) is 66.0 cm³/mol. The standard InChI is InChI=1S/C13H14F3N3O/c1-9(13(14,15)16)11-4-2-10(3-5-11)6-19-7-12(8-20)17-18-19/h2-5,7,9,20H,6,8H2,1H3. The maximum atomic E-state index is 12.6. The van der Waals surface area contributed by atoms with E-state index in [0.29, 0.717) is 12.2 Å². The van der Waals surface area contributed by atoms with Crippen LogP contribution in [-0.2, 0) is 13.2 Å². The van der Waals surface area contributed by atoms with Gasteiger partial charge in [0, 0.05) is 0 Å². The summed E-state index contributed by atoms with van der Waals surface area (Å²) in [6, 6.07) is 6.21. The van der Waals surface area contributed by atoms with E-state index in [1.54, 1.807) is 18.3 Å². The molecule has 0 amide bonds. The maximum absolute atomic E-state index is 12.6. The summed E-state index contributed by atoms with van der Waals surface area (Å²) in [5, 5.41) is 16.4. The molecule has 2 rings (SSSR count). The number of rotatable bonds is 4. The van der Waals surface area contributed by atoms with Crippen molar-refractivity contribution >= 4 is 0 Å². The Kier molecular flexibility index (Phi) is 4.08. The minimum atomic E-state index is -4.23. The molecule has 0 aliphatic rings. The summed E-state index contributed by atoms with van der Waals surface area (Å²) in [7, 11) is 0. The van der Waals surface area contributed by atoms with Crippen molar-refractivity contribution in [3.8, 4) is 0 Å². The second kappa shape index (κ2) is 5.62. The van der Waals surface area contributed by atoms with E-state index in [1.807, 2.05) is 0 Å². The summed E-state index contributed by atoms with van der Waals surface area (Å²) in [5.74, 6) is -1.48. The molecule has 20 heavy (non-hydrogen) atoms. The highest BCUT2D eigenvalue weighted by atomic mass is 19.4. The molecule has 4 nitrogen and oxygen atoms in total. The molecule has 0 saturated heterocycles.